The van der Waals surface area contributed by atoms with Gasteiger partial charge in [0.1, 0.15) is 23.5 Å². The summed E-state index contributed by atoms with van der Waals surface area (Å²) < 4.78 is 5.29. The van der Waals surface area contributed by atoms with Gasteiger partial charge in [-0.05, 0) is 24.1 Å². The van der Waals surface area contributed by atoms with E-state index in [0.29, 0.717) is 11.3 Å². The van der Waals surface area contributed by atoms with E-state index in [0.717, 1.165) is 5.56 Å². The molecule has 0 aliphatic heterocycles. The standard InChI is InChI=1S/C17H13N3O3/c18-10-15(11-19)16(17-7-4-8-23-17)9-14(12-20(21)22)13-5-2-1-3-6-13/h1-8,14H,9,12H2. The SMILES string of the molecule is N#CC(C#N)=C(CC(C[N+](=O)[O-])c1ccccc1)c1ccco1. The monoisotopic (exact) mass is 307 g/mol. The van der Waals surface area contributed by atoms with Crippen molar-refractivity contribution in [2.75, 3.05) is 6.54 Å². The molecule has 0 bridgehead atoms. The second-order valence-corrected chi connectivity index (χ2v) is 4.88. The van der Waals surface area contributed by atoms with Gasteiger partial charge in [-0.15, -0.1) is 0 Å². The molecule has 2 rings (SSSR count). The highest BCUT2D eigenvalue weighted by molar-refractivity contribution is 5.73. The fourth-order valence-corrected chi connectivity index (χ4v) is 2.38. The lowest BCUT2D eigenvalue weighted by molar-refractivity contribution is -0.483. The van der Waals surface area contributed by atoms with Crippen molar-refractivity contribution < 1.29 is 9.34 Å². The van der Waals surface area contributed by atoms with Crippen LogP contribution < -0.4 is 0 Å². The highest BCUT2D eigenvalue weighted by Gasteiger charge is 2.23. The summed E-state index contributed by atoms with van der Waals surface area (Å²) in [6.07, 6.45) is 1.61. The van der Waals surface area contributed by atoms with Crippen LogP contribution in [0.25, 0.3) is 5.57 Å². The summed E-state index contributed by atoms with van der Waals surface area (Å²) in [7, 11) is 0. The Balaban J connectivity index is 2.43. The first-order chi connectivity index (χ1) is 11.2. The lowest BCUT2D eigenvalue weighted by atomic mass is 9.89. The third kappa shape index (κ3) is 4.05. The van der Waals surface area contributed by atoms with Gasteiger partial charge in [0.25, 0.3) is 0 Å². The van der Waals surface area contributed by atoms with E-state index in [1.807, 2.05) is 18.2 Å². The molecule has 1 aromatic carbocycles. The van der Waals surface area contributed by atoms with Gasteiger partial charge in [0.05, 0.1) is 12.2 Å². The third-order valence-electron chi connectivity index (χ3n) is 3.43. The third-order valence-corrected chi connectivity index (χ3v) is 3.43. The molecule has 23 heavy (non-hydrogen) atoms. The molecule has 0 fully saturated rings. The van der Waals surface area contributed by atoms with Crippen LogP contribution in [0.15, 0.2) is 58.7 Å². The van der Waals surface area contributed by atoms with E-state index in [2.05, 4.69) is 0 Å². The van der Waals surface area contributed by atoms with Gasteiger partial charge in [-0.1, -0.05) is 30.3 Å². The Kier molecular flexibility index (Phi) is 5.27. The Labute approximate surface area is 133 Å². The number of furan rings is 1. The maximum absolute atomic E-state index is 11.0. The van der Waals surface area contributed by atoms with E-state index in [-0.39, 0.29) is 18.5 Å². The van der Waals surface area contributed by atoms with Crippen LogP contribution in [0.1, 0.15) is 23.7 Å². The molecule has 0 radical (unpaired) electrons. The second-order valence-electron chi connectivity index (χ2n) is 4.88. The fourth-order valence-electron chi connectivity index (χ4n) is 2.38. The van der Waals surface area contributed by atoms with Gasteiger partial charge in [0.15, 0.2) is 0 Å². The van der Waals surface area contributed by atoms with Crippen molar-refractivity contribution in [2.24, 2.45) is 0 Å². The first-order valence-corrected chi connectivity index (χ1v) is 6.89. The molecule has 2 aromatic rings. The number of nitriles is 2. The van der Waals surface area contributed by atoms with Crippen LogP contribution in [0, 0.1) is 32.8 Å². The van der Waals surface area contributed by atoms with E-state index < -0.39 is 10.8 Å². The molecule has 0 saturated heterocycles. The number of nitrogens with zero attached hydrogens (tertiary/aromatic N) is 3. The minimum Gasteiger partial charge on any atom is -0.465 e. The van der Waals surface area contributed by atoms with Crippen molar-refractivity contribution in [3.8, 4) is 12.1 Å². The molecular weight excluding hydrogens is 294 g/mol. The normalized spacial score (nSPS) is 11.0. The summed E-state index contributed by atoms with van der Waals surface area (Å²) in [4.78, 5) is 10.6. The Hall–Kier alpha value is -3.38. The molecule has 0 aliphatic rings. The maximum Gasteiger partial charge on any atom is 0.211 e. The number of hydrogen-bond acceptors (Lipinski definition) is 5. The van der Waals surface area contributed by atoms with Crippen molar-refractivity contribution in [2.45, 2.75) is 12.3 Å². The summed E-state index contributed by atoms with van der Waals surface area (Å²) in [6.45, 7) is -0.293. The van der Waals surface area contributed by atoms with Gasteiger partial charge in [0, 0.05) is 10.5 Å². The highest BCUT2D eigenvalue weighted by Crippen LogP contribution is 2.31. The number of allylic oxidation sites excluding steroid dienone is 2. The van der Waals surface area contributed by atoms with E-state index in [1.165, 1.54) is 6.26 Å². The molecule has 0 amide bonds. The zero-order chi connectivity index (χ0) is 16.7. The van der Waals surface area contributed by atoms with Crippen LogP contribution in [0.4, 0.5) is 0 Å². The molecule has 0 N–H and O–H groups in total. The molecule has 0 saturated carbocycles. The Morgan fingerprint density at radius 3 is 2.39 bits per heavy atom. The molecule has 114 valence electrons. The minimum atomic E-state index is -0.456. The Morgan fingerprint density at radius 2 is 1.87 bits per heavy atom. The van der Waals surface area contributed by atoms with Crippen molar-refractivity contribution in [1.82, 2.24) is 0 Å². The second kappa shape index (κ2) is 7.58. The van der Waals surface area contributed by atoms with E-state index >= 15 is 0 Å². The number of rotatable bonds is 6. The summed E-state index contributed by atoms with van der Waals surface area (Å²) >= 11 is 0. The van der Waals surface area contributed by atoms with Gasteiger partial charge in [-0.2, -0.15) is 10.5 Å². The predicted molar refractivity (Wildman–Crippen MR) is 82.5 cm³/mol. The molecule has 6 nitrogen and oxygen atoms in total. The summed E-state index contributed by atoms with van der Waals surface area (Å²) in [5, 5.41) is 29.3. The van der Waals surface area contributed by atoms with Crippen LogP contribution >= 0.6 is 0 Å². The number of nitro groups is 1. The molecular formula is C17H13N3O3. The Bertz CT molecular complexity index is 765. The zero-order valence-electron chi connectivity index (χ0n) is 12.2. The van der Waals surface area contributed by atoms with Crippen molar-refractivity contribution in [3.63, 3.8) is 0 Å². The minimum absolute atomic E-state index is 0.0933. The molecule has 1 atom stereocenters. The van der Waals surface area contributed by atoms with E-state index in [1.54, 1.807) is 36.4 Å². The average molecular weight is 307 g/mol. The van der Waals surface area contributed by atoms with Crippen LogP contribution in [-0.2, 0) is 0 Å². The van der Waals surface area contributed by atoms with E-state index in [9.17, 15) is 10.1 Å². The molecule has 1 unspecified atom stereocenters. The first-order valence-electron chi connectivity index (χ1n) is 6.89. The zero-order valence-corrected chi connectivity index (χ0v) is 12.2. The molecule has 1 aromatic heterocycles. The van der Waals surface area contributed by atoms with E-state index in [4.69, 9.17) is 14.9 Å². The highest BCUT2D eigenvalue weighted by atomic mass is 16.6. The average Bonchev–Trinajstić information content (AvgIpc) is 3.08. The van der Waals surface area contributed by atoms with Crippen LogP contribution in [0.3, 0.4) is 0 Å². The predicted octanol–water partition coefficient (Wildman–Crippen LogP) is 3.53. The van der Waals surface area contributed by atoms with Gasteiger partial charge in [-0.25, -0.2) is 0 Å². The first kappa shape index (κ1) is 16.0. The summed E-state index contributed by atoms with van der Waals surface area (Å²) in [5.41, 5.74) is 1.07. The molecule has 1 heterocycles. The van der Waals surface area contributed by atoms with Crippen LogP contribution in [0.5, 0.6) is 0 Å². The lowest BCUT2D eigenvalue weighted by Gasteiger charge is -2.14. The maximum atomic E-state index is 11.0. The number of benzene rings is 1. The number of hydrogen-bond donors (Lipinski definition) is 0. The van der Waals surface area contributed by atoms with Gasteiger partial charge >= 0.3 is 0 Å². The Morgan fingerprint density at radius 1 is 1.17 bits per heavy atom. The quantitative estimate of drug-likeness (QED) is 0.461. The summed E-state index contributed by atoms with van der Waals surface area (Å²) in [6, 6.07) is 16.0. The smallest absolute Gasteiger partial charge is 0.211 e. The van der Waals surface area contributed by atoms with Gasteiger partial charge in [0.2, 0.25) is 6.54 Å². The molecule has 0 aliphatic carbocycles. The fraction of sp³-hybridized carbons (Fsp3) is 0.176. The lowest BCUT2D eigenvalue weighted by Crippen LogP contribution is -2.13. The van der Waals surface area contributed by atoms with Crippen molar-refractivity contribution in [3.05, 3.63) is 75.7 Å². The van der Waals surface area contributed by atoms with Crippen molar-refractivity contribution >= 4 is 5.57 Å². The summed E-state index contributed by atoms with van der Waals surface area (Å²) in [5.74, 6) is -0.0737. The largest absolute Gasteiger partial charge is 0.465 e. The molecule has 6 heteroatoms. The van der Waals surface area contributed by atoms with Crippen molar-refractivity contribution in [1.29, 1.82) is 10.5 Å². The van der Waals surface area contributed by atoms with Gasteiger partial charge < -0.3 is 4.42 Å². The van der Waals surface area contributed by atoms with Crippen LogP contribution in [0.2, 0.25) is 0 Å². The topological polar surface area (TPSA) is 104 Å². The van der Waals surface area contributed by atoms with Gasteiger partial charge in [-0.3, -0.25) is 10.1 Å². The van der Waals surface area contributed by atoms with Crippen LogP contribution in [-0.4, -0.2) is 11.5 Å². The molecule has 0 spiro atoms.